The van der Waals surface area contributed by atoms with Crippen LogP contribution in [0.15, 0.2) is 17.7 Å². The Morgan fingerprint density at radius 3 is 1.83 bits per heavy atom. The molecule has 1 saturated carbocycles. The van der Waals surface area contributed by atoms with E-state index in [1.807, 2.05) is 0 Å². The maximum Gasteiger partial charge on any atom is 0.384 e. The monoisotopic (exact) mass is 473 g/mol. The van der Waals surface area contributed by atoms with Crippen LogP contribution in [-0.2, 0) is 11.2 Å². The Bertz CT molecular complexity index is 954. The molecule has 166 valence electrons. The van der Waals surface area contributed by atoms with Crippen LogP contribution in [0.4, 0.5) is 48.3 Å². The molecule has 2 aliphatic rings. The molecule has 0 atom stereocenters. The average Bonchev–Trinajstić information content (AvgIpc) is 2.89. The molecule has 0 bridgehead atoms. The number of benzene rings is 1. The smallest absolute Gasteiger partial charge is 0.384 e. The van der Waals surface area contributed by atoms with Crippen molar-refractivity contribution in [3.63, 3.8) is 0 Å². The molecule has 0 radical (unpaired) electrons. The van der Waals surface area contributed by atoms with Gasteiger partial charge in [0.25, 0.3) is 0 Å². The molecule has 0 spiro atoms. The summed E-state index contributed by atoms with van der Waals surface area (Å²) < 4.78 is 151. The summed E-state index contributed by atoms with van der Waals surface area (Å²) in [5.74, 6) is -46.0. The molecule has 2 aliphatic carbocycles. The maximum atomic E-state index is 14.0. The molecule has 0 N–H and O–H groups in total. The number of carbonyl (C=O) groups excluding carboxylic acids is 1. The third-order valence-electron chi connectivity index (χ3n) is 4.92. The van der Waals surface area contributed by atoms with Crippen molar-refractivity contribution in [2.45, 2.75) is 36.0 Å². The average molecular weight is 474 g/mol. The van der Waals surface area contributed by atoms with Crippen molar-refractivity contribution in [3.05, 3.63) is 39.7 Å². The fraction of sp³-hybridized carbons (Fsp3) is 0.438. The van der Waals surface area contributed by atoms with Gasteiger partial charge in [0.1, 0.15) is 5.82 Å². The van der Waals surface area contributed by atoms with Crippen molar-refractivity contribution < 1.29 is 58.2 Å². The van der Waals surface area contributed by atoms with Crippen LogP contribution in [0.3, 0.4) is 0 Å². The largest absolute Gasteiger partial charge is 0.872 e. The van der Waals surface area contributed by atoms with E-state index in [1.165, 1.54) is 0 Å². The Labute approximate surface area is 163 Å². The molecule has 0 saturated heterocycles. The minimum absolute atomic E-state index is 0.390. The number of Topliss-reactive ketones (excluding diaryl/α,β-unsaturated/α-hetero) is 1. The maximum absolute atomic E-state index is 14.0. The molecule has 1 aromatic carbocycles. The van der Waals surface area contributed by atoms with E-state index < -0.39 is 81.0 Å². The van der Waals surface area contributed by atoms with Crippen molar-refractivity contribution in [1.82, 2.24) is 0 Å². The van der Waals surface area contributed by atoms with Crippen molar-refractivity contribution in [2.75, 3.05) is 0 Å². The predicted octanol–water partition coefficient (Wildman–Crippen LogP) is 4.48. The summed E-state index contributed by atoms with van der Waals surface area (Å²) in [6.07, 6.45) is -1.19. The Balaban J connectivity index is 2.20. The molecule has 2 nitrogen and oxygen atoms in total. The summed E-state index contributed by atoms with van der Waals surface area (Å²) in [5, 5.41) is 11.7. The van der Waals surface area contributed by atoms with E-state index in [-0.39, 0.29) is 0 Å². The first-order valence-corrected chi connectivity index (χ1v) is 8.03. The lowest BCUT2D eigenvalue weighted by Crippen LogP contribution is -2.78. The van der Waals surface area contributed by atoms with Crippen LogP contribution in [0.5, 0.6) is 0 Å². The van der Waals surface area contributed by atoms with E-state index in [1.54, 1.807) is 0 Å². The Morgan fingerprint density at radius 1 is 0.900 bits per heavy atom. The highest BCUT2D eigenvalue weighted by atomic mass is 35.5. The SMILES string of the molecule is O=C(C1=C([O-])c2c(F)cc(Cl)cc2C1)C1C(F)(F)C(F)(F)C(F)(F)C(F)(F)C1(F)F. The molecular formula is C16H5ClF11O2-. The minimum Gasteiger partial charge on any atom is -0.872 e. The van der Waals surface area contributed by atoms with Crippen LogP contribution in [-0.4, -0.2) is 35.4 Å². The van der Waals surface area contributed by atoms with Gasteiger partial charge in [-0.05, 0) is 23.3 Å². The second-order valence-electron chi connectivity index (χ2n) is 6.67. The predicted molar refractivity (Wildman–Crippen MR) is 75.3 cm³/mol. The number of ketones is 1. The third-order valence-corrected chi connectivity index (χ3v) is 5.13. The number of allylic oxidation sites excluding steroid dienone is 1. The molecule has 1 aromatic rings. The van der Waals surface area contributed by atoms with Gasteiger partial charge in [0.2, 0.25) is 0 Å². The molecule has 30 heavy (non-hydrogen) atoms. The molecule has 0 aliphatic heterocycles. The zero-order valence-corrected chi connectivity index (χ0v) is 14.5. The summed E-state index contributed by atoms with van der Waals surface area (Å²) >= 11 is 5.48. The zero-order valence-electron chi connectivity index (χ0n) is 13.8. The van der Waals surface area contributed by atoms with Crippen molar-refractivity contribution >= 4 is 23.1 Å². The quantitative estimate of drug-likeness (QED) is 0.594. The van der Waals surface area contributed by atoms with E-state index in [2.05, 4.69) is 0 Å². The van der Waals surface area contributed by atoms with E-state index in [9.17, 15) is 58.2 Å². The van der Waals surface area contributed by atoms with Gasteiger partial charge in [-0.25, -0.2) is 4.39 Å². The second kappa shape index (κ2) is 6.01. The van der Waals surface area contributed by atoms with Gasteiger partial charge in [0.15, 0.2) is 11.7 Å². The van der Waals surface area contributed by atoms with Gasteiger partial charge in [0, 0.05) is 17.0 Å². The normalized spacial score (nSPS) is 25.9. The zero-order chi connectivity index (χ0) is 23.2. The van der Waals surface area contributed by atoms with Crippen LogP contribution >= 0.6 is 11.6 Å². The van der Waals surface area contributed by atoms with Gasteiger partial charge >= 0.3 is 29.6 Å². The van der Waals surface area contributed by atoms with Crippen molar-refractivity contribution in [3.8, 4) is 0 Å². The molecule has 14 heteroatoms. The van der Waals surface area contributed by atoms with E-state index >= 15 is 0 Å². The fourth-order valence-electron chi connectivity index (χ4n) is 3.35. The molecule has 0 unspecified atom stereocenters. The topological polar surface area (TPSA) is 40.1 Å². The van der Waals surface area contributed by atoms with Crippen molar-refractivity contribution in [1.29, 1.82) is 0 Å². The van der Waals surface area contributed by atoms with Gasteiger partial charge in [0.05, 0.1) is 0 Å². The standard InChI is InChI=1S/C16H6ClF11O2/c17-5-1-4-2-6(9(29)8(4)7(18)3-5)10(30)11-12(19,20)14(23,24)16(27,28)15(25,26)13(11,21)22/h1,3,11,29H,2H2/p-1. The lowest BCUT2D eigenvalue weighted by molar-refractivity contribution is -0.456. The number of rotatable bonds is 2. The van der Waals surface area contributed by atoms with Gasteiger partial charge in [-0.15, -0.1) is 0 Å². The number of alkyl halides is 10. The fourth-order valence-corrected chi connectivity index (χ4v) is 3.58. The molecule has 0 heterocycles. The van der Waals surface area contributed by atoms with Gasteiger partial charge < -0.3 is 5.11 Å². The molecule has 1 fully saturated rings. The first-order valence-electron chi connectivity index (χ1n) is 7.65. The van der Waals surface area contributed by atoms with Gasteiger partial charge in [-0.2, -0.15) is 43.9 Å². The van der Waals surface area contributed by atoms with E-state index in [4.69, 9.17) is 11.6 Å². The van der Waals surface area contributed by atoms with Crippen LogP contribution in [0.25, 0.3) is 5.76 Å². The first-order chi connectivity index (χ1) is 13.3. The first kappa shape index (κ1) is 22.6. The summed E-state index contributed by atoms with van der Waals surface area (Å²) in [6, 6.07) is 1.32. The van der Waals surface area contributed by atoms with Gasteiger partial charge in [-0.3, -0.25) is 4.79 Å². The minimum atomic E-state index is -7.24. The number of carbonyl (C=O) groups is 1. The summed E-state index contributed by atoms with van der Waals surface area (Å²) in [4.78, 5) is 12.2. The Morgan fingerprint density at radius 2 is 1.37 bits per heavy atom. The summed E-state index contributed by atoms with van der Waals surface area (Å²) in [5.41, 5.74) is -3.18. The lowest BCUT2D eigenvalue weighted by Gasteiger charge is -2.49. The highest BCUT2D eigenvalue weighted by molar-refractivity contribution is 6.30. The molecule has 3 rings (SSSR count). The number of hydrogen-bond donors (Lipinski definition) is 0. The number of fused-ring (bicyclic) bond motifs is 1. The summed E-state index contributed by atoms with van der Waals surface area (Å²) in [6.45, 7) is 0. The number of hydrogen-bond acceptors (Lipinski definition) is 2. The Hall–Kier alpha value is -2.05. The molecule has 0 amide bonds. The van der Waals surface area contributed by atoms with Crippen LogP contribution in [0.1, 0.15) is 11.1 Å². The van der Waals surface area contributed by atoms with E-state index in [0.29, 0.717) is 6.07 Å². The molecule has 0 aromatic heterocycles. The number of halogens is 12. The highest BCUT2D eigenvalue weighted by Crippen LogP contribution is 2.67. The molecular weight excluding hydrogens is 469 g/mol. The highest BCUT2D eigenvalue weighted by Gasteiger charge is 2.96. The van der Waals surface area contributed by atoms with Crippen molar-refractivity contribution in [2.24, 2.45) is 5.92 Å². The Kier molecular flexibility index (Phi) is 4.53. The van der Waals surface area contributed by atoms with Crippen LogP contribution in [0.2, 0.25) is 5.02 Å². The van der Waals surface area contributed by atoms with Crippen LogP contribution < -0.4 is 5.11 Å². The lowest BCUT2D eigenvalue weighted by atomic mass is 9.71. The van der Waals surface area contributed by atoms with E-state index in [0.717, 1.165) is 6.07 Å². The summed E-state index contributed by atoms with van der Waals surface area (Å²) in [7, 11) is 0. The third kappa shape index (κ3) is 2.41. The second-order valence-corrected chi connectivity index (χ2v) is 7.11. The van der Waals surface area contributed by atoms with Gasteiger partial charge in [-0.1, -0.05) is 17.4 Å². The van der Waals surface area contributed by atoms with Crippen LogP contribution in [0, 0.1) is 11.7 Å².